The van der Waals surface area contributed by atoms with E-state index in [9.17, 15) is 4.79 Å². The van der Waals surface area contributed by atoms with Crippen molar-refractivity contribution in [3.05, 3.63) is 69.5 Å². The smallest absolute Gasteiger partial charge is 0.278 e. The number of nitrogens with zero attached hydrogens (tertiary/aromatic N) is 3. The Morgan fingerprint density at radius 1 is 1.08 bits per heavy atom. The van der Waals surface area contributed by atoms with Gasteiger partial charge in [-0.05, 0) is 42.7 Å². The second-order valence-electron chi connectivity index (χ2n) is 6.54. The third kappa shape index (κ3) is 3.05. The van der Waals surface area contributed by atoms with Crippen molar-refractivity contribution < 1.29 is 0 Å². The van der Waals surface area contributed by atoms with Gasteiger partial charge in [-0.15, -0.1) is 5.10 Å². The van der Waals surface area contributed by atoms with Gasteiger partial charge in [0, 0.05) is 10.6 Å². The summed E-state index contributed by atoms with van der Waals surface area (Å²) in [4.78, 5) is 12.6. The van der Waals surface area contributed by atoms with E-state index in [1.165, 1.54) is 10.2 Å². The van der Waals surface area contributed by atoms with Gasteiger partial charge in [0.05, 0.1) is 12.1 Å². The maximum atomic E-state index is 12.6. The number of halogens is 1. The molecule has 1 aliphatic rings. The molecular weight excluding hydrogens is 336 g/mol. The molecule has 0 amide bonds. The van der Waals surface area contributed by atoms with Crippen molar-refractivity contribution in [2.24, 2.45) is 0 Å². The van der Waals surface area contributed by atoms with Crippen LogP contribution in [0.25, 0.3) is 10.9 Å². The summed E-state index contributed by atoms with van der Waals surface area (Å²) in [6, 6.07) is 15.2. The normalized spacial score (nSPS) is 16.4. The molecule has 3 aromatic rings. The Kier molecular flexibility index (Phi) is 4.27. The molecule has 25 heavy (non-hydrogen) atoms. The summed E-state index contributed by atoms with van der Waals surface area (Å²) in [7, 11) is 0. The first-order valence-electron chi connectivity index (χ1n) is 8.52. The molecule has 5 nitrogen and oxygen atoms in total. The lowest BCUT2D eigenvalue weighted by molar-refractivity contribution is 0.291. The van der Waals surface area contributed by atoms with E-state index in [4.69, 9.17) is 11.6 Å². The lowest BCUT2D eigenvalue weighted by Crippen LogP contribution is -2.43. The highest BCUT2D eigenvalue weighted by atomic mass is 35.5. The van der Waals surface area contributed by atoms with E-state index < -0.39 is 0 Å². The Balaban J connectivity index is 1.63. The van der Waals surface area contributed by atoms with Crippen LogP contribution in [0.4, 0.5) is 0 Å². The standard InChI is InChI=1S/C19H19ClN4O/c20-15-9-7-14(8-10-15)19(11-3-4-12-19)21-13-24-18(25)16-5-1-2-6-17(16)22-23-24/h1-2,5-10,21H,3-4,11-13H2. The molecule has 0 unspecified atom stereocenters. The quantitative estimate of drug-likeness (QED) is 0.779. The third-order valence-corrected chi connectivity index (χ3v) is 5.30. The first kappa shape index (κ1) is 16.2. The molecule has 0 spiro atoms. The molecule has 1 heterocycles. The lowest BCUT2D eigenvalue weighted by atomic mass is 9.88. The van der Waals surface area contributed by atoms with Gasteiger partial charge in [-0.2, -0.15) is 4.68 Å². The van der Waals surface area contributed by atoms with Crippen LogP contribution in [0.2, 0.25) is 5.02 Å². The molecule has 2 aromatic carbocycles. The molecule has 128 valence electrons. The molecule has 1 saturated carbocycles. The highest BCUT2D eigenvalue weighted by Gasteiger charge is 2.35. The van der Waals surface area contributed by atoms with E-state index in [1.54, 1.807) is 12.1 Å². The van der Waals surface area contributed by atoms with Gasteiger partial charge < -0.3 is 0 Å². The number of hydrogen-bond donors (Lipinski definition) is 1. The second kappa shape index (κ2) is 6.58. The van der Waals surface area contributed by atoms with Gasteiger partial charge in [0.2, 0.25) is 0 Å². The van der Waals surface area contributed by atoms with E-state index >= 15 is 0 Å². The first-order valence-corrected chi connectivity index (χ1v) is 8.89. The average Bonchev–Trinajstić information content (AvgIpc) is 3.12. The molecule has 0 radical (unpaired) electrons. The van der Waals surface area contributed by atoms with Crippen molar-refractivity contribution in [2.75, 3.05) is 0 Å². The van der Waals surface area contributed by atoms with Crippen LogP contribution in [0.15, 0.2) is 53.3 Å². The highest BCUT2D eigenvalue weighted by molar-refractivity contribution is 6.30. The van der Waals surface area contributed by atoms with Gasteiger partial charge in [-0.1, -0.05) is 53.9 Å². The van der Waals surface area contributed by atoms with Crippen molar-refractivity contribution in [3.63, 3.8) is 0 Å². The van der Waals surface area contributed by atoms with Gasteiger partial charge in [0.15, 0.2) is 0 Å². The van der Waals surface area contributed by atoms with E-state index in [2.05, 4.69) is 27.8 Å². The molecule has 0 saturated heterocycles. The Hall–Kier alpha value is -2.24. The fourth-order valence-corrected chi connectivity index (χ4v) is 3.79. The minimum atomic E-state index is -0.142. The summed E-state index contributed by atoms with van der Waals surface area (Å²) in [6.45, 7) is 0.333. The van der Waals surface area contributed by atoms with Gasteiger partial charge in [-0.3, -0.25) is 10.1 Å². The number of benzene rings is 2. The molecule has 0 aliphatic heterocycles. The van der Waals surface area contributed by atoms with Crippen LogP contribution in [-0.2, 0) is 12.2 Å². The van der Waals surface area contributed by atoms with E-state index in [0.717, 1.165) is 30.7 Å². The molecule has 1 fully saturated rings. The van der Waals surface area contributed by atoms with Crippen molar-refractivity contribution in [1.82, 2.24) is 20.3 Å². The number of fused-ring (bicyclic) bond motifs is 1. The van der Waals surface area contributed by atoms with Crippen molar-refractivity contribution in [1.29, 1.82) is 0 Å². The van der Waals surface area contributed by atoms with Crippen LogP contribution in [0.3, 0.4) is 0 Å². The monoisotopic (exact) mass is 354 g/mol. The van der Waals surface area contributed by atoms with Crippen LogP contribution in [-0.4, -0.2) is 15.0 Å². The van der Waals surface area contributed by atoms with Crippen molar-refractivity contribution >= 4 is 22.5 Å². The van der Waals surface area contributed by atoms with Crippen LogP contribution in [0.1, 0.15) is 31.2 Å². The Labute approximate surface area is 150 Å². The molecule has 0 bridgehead atoms. The SMILES string of the molecule is O=c1c2ccccc2nnn1CNC1(c2ccc(Cl)cc2)CCCC1. The van der Waals surface area contributed by atoms with Crippen LogP contribution >= 0.6 is 11.6 Å². The molecule has 1 N–H and O–H groups in total. The molecule has 4 rings (SSSR count). The van der Waals surface area contributed by atoms with E-state index in [0.29, 0.717) is 17.6 Å². The zero-order chi connectivity index (χ0) is 17.3. The topological polar surface area (TPSA) is 59.8 Å². The summed E-state index contributed by atoms with van der Waals surface area (Å²) < 4.78 is 1.40. The predicted octanol–water partition coefficient (Wildman–Crippen LogP) is 3.46. The van der Waals surface area contributed by atoms with Crippen LogP contribution in [0, 0.1) is 0 Å². The van der Waals surface area contributed by atoms with Crippen molar-refractivity contribution in [3.8, 4) is 0 Å². The second-order valence-corrected chi connectivity index (χ2v) is 6.98. The minimum absolute atomic E-state index is 0.123. The van der Waals surface area contributed by atoms with Crippen molar-refractivity contribution in [2.45, 2.75) is 37.9 Å². The molecular formula is C19H19ClN4O. The van der Waals surface area contributed by atoms with Gasteiger partial charge in [0.1, 0.15) is 5.52 Å². The Bertz CT molecular complexity index is 946. The largest absolute Gasteiger partial charge is 0.288 e. The van der Waals surface area contributed by atoms with Gasteiger partial charge in [-0.25, -0.2) is 0 Å². The fraction of sp³-hybridized carbons (Fsp3) is 0.316. The summed E-state index contributed by atoms with van der Waals surface area (Å²) in [6.07, 6.45) is 4.39. The fourth-order valence-electron chi connectivity index (χ4n) is 3.67. The minimum Gasteiger partial charge on any atom is -0.288 e. The molecule has 0 atom stereocenters. The zero-order valence-corrected chi connectivity index (χ0v) is 14.5. The van der Waals surface area contributed by atoms with Crippen LogP contribution < -0.4 is 10.9 Å². The molecule has 1 aromatic heterocycles. The molecule has 6 heteroatoms. The number of aromatic nitrogens is 3. The average molecular weight is 355 g/mol. The summed E-state index contributed by atoms with van der Waals surface area (Å²) >= 11 is 6.03. The zero-order valence-electron chi connectivity index (χ0n) is 13.8. The predicted molar refractivity (Wildman–Crippen MR) is 98.5 cm³/mol. The summed E-state index contributed by atoms with van der Waals surface area (Å²) in [5, 5.41) is 13.1. The van der Waals surface area contributed by atoms with Gasteiger partial charge in [0.25, 0.3) is 5.56 Å². The van der Waals surface area contributed by atoms with E-state index in [1.807, 2.05) is 24.3 Å². The Morgan fingerprint density at radius 2 is 1.80 bits per heavy atom. The lowest BCUT2D eigenvalue weighted by Gasteiger charge is -2.31. The summed E-state index contributed by atoms with van der Waals surface area (Å²) in [5.74, 6) is 0. The number of rotatable bonds is 4. The molecule has 1 aliphatic carbocycles. The maximum Gasteiger partial charge on any atom is 0.278 e. The first-order chi connectivity index (χ1) is 12.2. The highest BCUT2D eigenvalue weighted by Crippen LogP contribution is 2.39. The maximum absolute atomic E-state index is 12.6. The number of nitrogens with one attached hydrogen (secondary N) is 1. The number of hydrogen-bond acceptors (Lipinski definition) is 4. The van der Waals surface area contributed by atoms with Gasteiger partial charge >= 0.3 is 0 Å². The van der Waals surface area contributed by atoms with Crippen LogP contribution in [0.5, 0.6) is 0 Å². The third-order valence-electron chi connectivity index (χ3n) is 5.05. The Morgan fingerprint density at radius 3 is 2.56 bits per heavy atom. The summed E-state index contributed by atoms with van der Waals surface area (Å²) in [5.41, 5.74) is 1.56. The van der Waals surface area contributed by atoms with E-state index in [-0.39, 0.29) is 11.1 Å².